The fourth-order valence-corrected chi connectivity index (χ4v) is 6.60. The molecule has 3 aromatic carbocycles. The Bertz CT molecular complexity index is 1340. The largest absolute Gasteiger partial charge is 0.341 e. The number of hydrogen-bond donors (Lipinski definition) is 0. The Labute approximate surface area is 235 Å². The Hall–Kier alpha value is -3.58. The number of amides is 2. The van der Waals surface area contributed by atoms with Gasteiger partial charge in [-0.25, -0.2) is 8.78 Å². The highest BCUT2D eigenvalue weighted by molar-refractivity contribution is 5.92. The first-order valence-corrected chi connectivity index (χ1v) is 13.9. The van der Waals surface area contributed by atoms with Gasteiger partial charge in [0.05, 0.1) is 11.0 Å². The molecule has 0 spiro atoms. The van der Waals surface area contributed by atoms with Gasteiger partial charge in [0.2, 0.25) is 11.8 Å². The second-order valence-electron chi connectivity index (χ2n) is 11.4. The number of benzene rings is 3. The minimum Gasteiger partial charge on any atom is -0.341 e. The standard InChI is InChI=1S/C33H37F2N3O2/c1-24(39)37(3)32(26-7-5-4-6-8-26)17-19-38(20-18-32)23-28-21-33(28,27-11-15-30(35)16-12-27)31(40)36(2)22-25-9-13-29(34)14-10-25/h4-16,28H,17-23H2,1-3H3/t28-,33+/m0/s1. The van der Waals surface area contributed by atoms with E-state index in [9.17, 15) is 18.4 Å². The lowest BCUT2D eigenvalue weighted by Gasteiger charge is -2.48. The molecule has 0 aromatic heterocycles. The highest BCUT2D eigenvalue weighted by atomic mass is 19.1. The van der Waals surface area contributed by atoms with Gasteiger partial charge in [-0.05, 0) is 66.1 Å². The molecule has 5 nitrogen and oxygen atoms in total. The van der Waals surface area contributed by atoms with Crippen LogP contribution in [-0.4, -0.2) is 60.2 Å². The summed E-state index contributed by atoms with van der Waals surface area (Å²) in [6.07, 6.45) is 2.31. The number of hydrogen-bond acceptors (Lipinski definition) is 3. The maximum Gasteiger partial charge on any atom is 0.233 e. The number of carbonyl (C=O) groups excluding carboxylic acids is 2. The van der Waals surface area contributed by atoms with Gasteiger partial charge in [0, 0.05) is 47.2 Å². The zero-order valence-corrected chi connectivity index (χ0v) is 23.4. The number of halogens is 2. The van der Waals surface area contributed by atoms with Gasteiger partial charge in [0.25, 0.3) is 0 Å². The summed E-state index contributed by atoms with van der Waals surface area (Å²) in [4.78, 5) is 32.4. The van der Waals surface area contributed by atoms with Gasteiger partial charge < -0.3 is 14.7 Å². The van der Waals surface area contributed by atoms with Gasteiger partial charge in [-0.1, -0.05) is 54.6 Å². The van der Waals surface area contributed by atoms with Gasteiger partial charge in [-0.2, -0.15) is 0 Å². The van der Waals surface area contributed by atoms with Crippen molar-refractivity contribution < 1.29 is 18.4 Å². The van der Waals surface area contributed by atoms with Crippen LogP contribution in [0, 0.1) is 17.6 Å². The average molecular weight is 546 g/mol. The normalized spacial score (nSPS) is 22.0. The molecule has 7 heteroatoms. The van der Waals surface area contributed by atoms with Crippen molar-refractivity contribution in [3.63, 3.8) is 0 Å². The molecule has 1 saturated heterocycles. The predicted molar refractivity (Wildman–Crippen MR) is 151 cm³/mol. The van der Waals surface area contributed by atoms with Crippen LogP contribution in [0.4, 0.5) is 8.78 Å². The van der Waals surface area contributed by atoms with E-state index < -0.39 is 5.41 Å². The van der Waals surface area contributed by atoms with Crippen LogP contribution in [-0.2, 0) is 27.1 Å². The third kappa shape index (κ3) is 5.27. The topological polar surface area (TPSA) is 43.9 Å². The predicted octanol–water partition coefficient (Wildman–Crippen LogP) is 5.35. The second-order valence-corrected chi connectivity index (χ2v) is 11.4. The molecule has 0 unspecified atom stereocenters. The number of likely N-dealkylation sites (N-methyl/N-ethyl adjacent to an activating group) is 1. The van der Waals surface area contributed by atoms with Crippen molar-refractivity contribution >= 4 is 11.8 Å². The molecule has 2 fully saturated rings. The molecular formula is C33H37F2N3O2. The van der Waals surface area contributed by atoms with E-state index in [1.54, 1.807) is 43.1 Å². The summed E-state index contributed by atoms with van der Waals surface area (Å²) in [6, 6.07) is 22.7. The Morgan fingerprint density at radius 2 is 1.43 bits per heavy atom. The molecular weight excluding hydrogens is 508 g/mol. The van der Waals surface area contributed by atoms with E-state index >= 15 is 0 Å². The summed E-state index contributed by atoms with van der Waals surface area (Å²) >= 11 is 0. The van der Waals surface area contributed by atoms with Gasteiger partial charge >= 0.3 is 0 Å². The van der Waals surface area contributed by atoms with Gasteiger partial charge in [-0.15, -0.1) is 0 Å². The second kappa shape index (κ2) is 11.1. The molecule has 3 aromatic rings. The smallest absolute Gasteiger partial charge is 0.233 e. The SMILES string of the molecule is CC(=O)N(C)C1(c2ccccc2)CCN(C[C@@H]2C[C@@]2(C(=O)N(C)Cc2ccc(F)cc2)c2ccc(F)cc2)CC1. The lowest BCUT2D eigenvalue weighted by molar-refractivity contribution is -0.136. The number of rotatable bonds is 8. The zero-order chi connectivity index (χ0) is 28.5. The molecule has 5 rings (SSSR count). The van der Waals surface area contributed by atoms with Crippen LogP contribution in [0.25, 0.3) is 0 Å². The first kappa shape index (κ1) is 28.0. The minimum atomic E-state index is -0.716. The molecule has 1 aliphatic carbocycles. The van der Waals surface area contributed by atoms with Crippen molar-refractivity contribution in [2.75, 3.05) is 33.7 Å². The highest BCUT2D eigenvalue weighted by Gasteiger charge is 2.62. The number of nitrogens with zero attached hydrogens (tertiary/aromatic N) is 3. The molecule has 1 saturated carbocycles. The van der Waals surface area contributed by atoms with E-state index in [1.165, 1.54) is 24.3 Å². The van der Waals surface area contributed by atoms with Gasteiger partial charge in [-0.3, -0.25) is 9.59 Å². The first-order valence-electron chi connectivity index (χ1n) is 13.9. The van der Waals surface area contributed by atoms with Crippen molar-refractivity contribution in [3.8, 4) is 0 Å². The summed E-state index contributed by atoms with van der Waals surface area (Å²) < 4.78 is 27.2. The minimum absolute atomic E-state index is 0.000359. The lowest BCUT2D eigenvalue weighted by Crippen LogP contribution is -2.53. The number of carbonyl (C=O) groups is 2. The van der Waals surface area contributed by atoms with Crippen molar-refractivity contribution in [1.82, 2.24) is 14.7 Å². The maximum atomic E-state index is 14.0. The van der Waals surface area contributed by atoms with Crippen LogP contribution in [0.1, 0.15) is 42.9 Å². The monoisotopic (exact) mass is 545 g/mol. The molecule has 210 valence electrons. The van der Waals surface area contributed by atoms with E-state index in [2.05, 4.69) is 17.0 Å². The van der Waals surface area contributed by atoms with Crippen molar-refractivity contribution in [2.24, 2.45) is 5.92 Å². The number of likely N-dealkylation sites (tertiary alicyclic amines) is 1. The summed E-state index contributed by atoms with van der Waals surface area (Å²) in [5.74, 6) is -0.498. The summed E-state index contributed by atoms with van der Waals surface area (Å²) in [6.45, 7) is 4.36. The summed E-state index contributed by atoms with van der Waals surface area (Å²) in [7, 11) is 3.67. The Morgan fingerprint density at radius 3 is 2.00 bits per heavy atom. The molecule has 0 bridgehead atoms. The third-order valence-electron chi connectivity index (χ3n) is 9.11. The molecule has 1 heterocycles. The van der Waals surface area contributed by atoms with Gasteiger partial charge in [0.15, 0.2) is 0 Å². The van der Waals surface area contributed by atoms with Crippen LogP contribution in [0.3, 0.4) is 0 Å². The third-order valence-corrected chi connectivity index (χ3v) is 9.11. The van der Waals surface area contributed by atoms with Crippen LogP contribution in [0.15, 0.2) is 78.9 Å². The average Bonchev–Trinajstić information content (AvgIpc) is 3.69. The fourth-order valence-electron chi connectivity index (χ4n) is 6.60. The first-order chi connectivity index (χ1) is 19.2. The highest BCUT2D eigenvalue weighted by Crippen LogP contribution is 2.56. The van der Waals surface area contributed by atoms with Crippen molar-refractivity contribution in [2.45, 2.75) is 43.7 Å². The Morgan fingerprint density at radius 1 is 0.850 bits per heavy atom. The Kier molecular flexibility index (Phi) is 7.78. The molecule has 2 amide bonds. The lowest BCUT2D eigenvalue weighted by atomic mass is 9.79. The van der Waals surface area contributed by atoms with Crippen LogP contribution in [0.5, 0.6) is 0 Å². The van der Waals surface area contributed by atoms with E-state index in [4.69, 9.17) is 0 Å². The summed E-state index contributed by atoms with van der Waals surface area (Å²) in [5.41, 5.74) is 1.77. The van der Waals surface area contributed by atoms with Crippen molar-refractivity contribution in [3.05, 3.63) is 107 Å². The van der Waals surface area contributed by atoms with Crippen LogP contribution >= 0.6 is 0 Å². The van der Waals surface area contributed by atoms with E-state index in [0.29, 0.717) is 13.0 Å². The fraction of sp³-hybridized carbons (Fsp3) is 0.394. The molecule has 2 atom stereocenters. The molecule has 0 N–H and O–H groups in total. The molecule has 0 radical (unpaired) electrons. The van der Waals surface area contributed by atoms with Crippen LogP contribution in [0.2, 0.25) is 0 Å². The van der Waals surface area contributed by atoms with E-state index in [1.807, 2.05) is 30.1 Å². The number of piperidine rings is 1. The van der Waals surface area contributed by atoms with Crippen molar-refractivity contribution in [1.29, 1.82) is 0 Å². The van der Waals surface area contributed by atoms with Crippen LogP contribution < -0.4 is 0 Å². The quantitative estimate of drug-likeness (QED) is 0.383. The van der Waals surface area contributed by atoms with Gasteiger partial charge in [0.1, 0.15) is 11.6 Å². The Balaban J connectivity index is 1.33. The maximum absolute atomic E-state index is 14.0. The molecule has 1 aliphatic heterocycles. The molecule has 40 heavy (non-hydrogen) atoms. The summed E-state index contributed by atoms with van der Waals surface area (Å²) in [5, 5.41) is 0. The van der Waals surface area contributed by atoms with E-state index in [-0.39, 0.29) is 34.9 Å². The molecule has 2 aliphatic rings. The zero-order valence-electron chi connectivity index (χ0n) is 23.4. The van der Waals surface area contributed by atoms with E-state index in [0.717, 1.165) is 49.2 Å².